The Morgan fingerprint density at radius 2 is 0.935 bits per heavy atom. The third kappa shape index (κ3) is 13.9. The Balaban J connectivity index is 0.000000466. The largest absolute Gasteiger partial charge is 0.240 e. The van der Waals surface area contributed by atoms with Gasteiger partial charge in [0.05, 0.1) is 11.4 Å². The highest BCUT2D eigenvalue weighted by atomic mass is 16.1. The fourth-order valence-corrected chi connectivity index (χ4v) is 2.16. The molecule has 154 valence electrons. The molecule has 3 aromatic carbocycles. The highest BCUT2D eigenvalue weighted by Crippen LogP contribution is 2.18. The van der Waals surface area contributed by atoms with E-state index in [0.717, 1.165) is 18.6 Å². The van der Waals surface area contributed by atoms with Crippen molar-refractivity contribution in [2.45, 2.75) is 6.42 Å². The molecule has 0 heterocycles. The zero-order valence-corrected chi connectivity index (χ0v) is 16.3. The number of hydrogen-bond donors (Lipinski definition) is 2. The molecule has 0 aliphatic heterocycles. The number of nitrogens with zero attached hydrogens (tertiary/aromatic N) is 2. The molecule has 0 fully saturated rings. The minimum atomic E-state index is 0.418. The molecule has 0 aromatic heterocycles. The second kappa shape index (κ2) is 18.5. The Hall–Kier alpha value is -4.82. The Labute approximate surface area is 178 Å². The number of nitrogens with one attached hydrogen (secondary N) is 2. The number of benzene rings is 3. The first-order chi connectivity index (χ1) is 15.1. The van der Waals surface area contributed by atoms with E-state index in [2.05, 4.69) is 70.6 Å². The van der Waals surface area contributed by atoms with Crippen molar-refractivity contribution in [1.29, 1.82) is 10.8 Å². The summed E-state index contributed by atoms with van der Waals surface area (Å²) in [6.45, 7) is 0. The highest BCUT2D eigenvalue weighted by Gasteiger charge is 1.93. The molecule has 0 saturated heterocycles. The summed E-state index contributed by atoms with van der Waals surface area (Å²) >= 11 is 0. The molecular formula is C23H18N4O4. The molecule has 0 aliphatic carbocycles. The van der Waals surface area contributed by atoms with Crippen molar-refractivity contribution in [2.24, 2.45) is 9.98 Å². The van der Waals surface area contributed by atoms with E-state index in [9.17, 15) is 9.59 Å². The van der Waals surface area contributed by atoms with Gasteiger partial charge < -0.3 is 0 Å². The Morgan fingerprint density at radius 3 is 1.26 bits per heavy atom. The van der Waals surface area contributed by atoms with Crippen molar-refractivity contribution in [3.63, 3.8) is 0 Å². The average Bonchev–Trinajstić information content (AvgIpc) is 2.78. The van der Waals surface area contributed by atoms with Gasteiger partial charge in [-0.2, -0.15) is 9.98 Å². The normalized spacial score (nSPS) is 7.74. The molecule has 0 aliphatic rings. The predicted molar refractivity (Wildman–Crippen MR) is 115 cm³/mol. The van der Waals surface area contributed by atoms with E-state index in [1.165, 1.54) is 29.4 Å². The maximum atomic E-state index is 9.84. The quantitative estimate of drug-likeness (QED) is 0.471. The van der Waals surface area contributed by atoms with Crippen LogP contribution in [0.3, 0.4) is 0 Å². The molecule has 0 bridgehead atoms. The highest BCUT2D eigenvalue weighted by molar-refractivity contribution is 5.58. The van der Waals surface area contributed by atoms with Crippen molar-refractivity contribution in [2.75, 3.05) is 0 Å². The van der Waals surface area contributed by atoms with E-state index < -0.39 is 0 Å². The smallest absolute Gasteiger partial charge is 0.222 e. The molecular weight excluding hydrogens is 396 g/mol. The number of rotatable bonds is 4. The van der Waals surface area contributed by atoms with Crippen molar-refractivity contribution in [3.05, 3.63) is 96.1 Å². The van der Waals surface area contributed by atoms with Crippen LogP contribution in [0.15, 0.2) is 94.9 Å². The molecule has 31 heavy (non-hydrogen) atoms. The van der Waals surface area contributed by atoms with Crippen LogP contribution < -0.4 is 0 Å². The van der Waals surface area contributed by atoms with E-state index in [1.54, 1.807) is 18.2 Å². The molecule has 8 nitrogen and oxygen atoms in total. The summed E-state index contributed by atoms with van der Waals surface area (Å²) in [7, 11) is 0. The summed E-state index contributed by atoms with van der Waals surface area (Å²) in [6, 6.07) is 27.4. The third-order valence-electron chi connectivity index (χ3n) is 3.27. The molecule has 0 atom stereocenters. The van der Waals surface area contributed by atoms with E-state index in [4.69, 9.17) is 20.4 Å². The van der Waals surface area contributed by atoms with Crippen LogP contribution in [0.25, 0.3) is 0 Å². The van der Waals surface area contributed by atoms with Crippen molar-refractivity contribution >= 4 is 35.7 Å². The van der Waals surface area contributed by atoms with Gasteiger partial charge in [-0.15, -0.1) is 0 Å². The van der Waals surface area contributed by atoms with Gasteiger partial charge in [0.15, 0.2) is 0 Å². The van der Waals surface area contributed by atoms with Crippen LogP contribution in [-0.4, -0.2) is 24.3 Å². The van der Waals surface area contributed by atoms with E-state index in [0.29, 0.717) is 11.4 Å². The van der Waals surface area contributed by atoms with Crippen LogP contribution in [0.5, 0.6) is 0 Å². The van der Waals surface area contributed by atoms with E-state index >= 15 is 0 Å². The van der Waals surface area contributed by atoms with Crippen LogP contribution in [0.2, 0.25) is 0 Å². The van der Waals surface area contributed by atoms with Gasteiger partial charge in [0, 0.05) is 0 Å². The van der Waals surface area contributed by atoms with Gasteiger partial charge in [-0.25, -0.2) is 30.0 Å². The molecule has 0 radical (unpaired) electrons. The van der Waals surface area contributed by atoms with Crippen LogP contribution >= 0.6 is 0 Å². The van der Waals surface area contributed by atoms with E-state index in [1.807, 2.05) is 0 Å². The maximum Gasteiger partial charge on any atom is 0.240 e. The van der Waals surface area contributed by atoms with Crippen molar-refractivity contribution in [3.8, 4) is 0 Å². The number of isocyanates is 4. The maximum absolute atomic E-state index is 9.84. The lowest BCUT2D eigenvalue weighted by molar-refractivity contribution is 0.562. The molecule has 2 N–H and O–H groups in total. The molecule has 0 saturated carbocycles. The first-order valence-corrected chi connectivity index (χ1v) is 8.56. The third-order valence-corrected chi connectivity index (χ3v) is 3.27. The summed E-state index contributed by atoms with van der Waals surface area (Å²) in [4.78, 5) is 43.1. The van der Waals surface area contributed by atoms with Gasteiger partial charge >= 0.3 is 0 Å². The number of hydrogen-bond acceptors (Lipinski definition) is 8. The summed E-state index contributed by atoms with van der Waals surface area (Å²) in [5, 5.41) is 10.8. The van der Waals surface area contributed by atoms with Gasteiger partial charge in [0.25, 0.3) is 0 Å². The first-order valence-electron chi connectivity index (χ1n) is 8.56. The lowest BCUT2D eigenvalue weighted by Gasteiger charge is -2.00. The zero-order chi connectivity index (χ0) is 23.2. The standard InChI is InChI=1S/C13H12.C8H4N2O2.2CHNO/c1-3-7-12(8-4-1)11-13-9-5-2-6-10-13;11-5-9-7-2-1-3-8(4-7)10-6-12;2*2-1-3/h1-10H,11H2;1-4H;2*2H. The molecule has 0 amide bonds. The lowest BCUT2D eigenvalue weighted by atomic mass is 10.1. The van der Waals surface area contributed by atoms with Crippen LogP contribution in [-0.2, 0) is 25.6 Å². The second-order valence-corrected chi connectivity index (χ2v) is 5.28. The van der Waals surface area contributed by atoms with Crippen LogP contribution in [0.4, 0.5) is 11.4 Å². The van der Waals surface area contributed by atoms with Gasteiger partial charge in [0.2, 0.25) is 24.3 Å². The monoisotopic (exact) mass is 414 g/mol. The zero-order valence-electron chi connectivity index (χ0n) is 16.3. The van der Waals surface area contributed by atoms with Crippen molar-refractivity contribution < 1.29 is 19.2 Å². The Morgan fingerprint density at radius 1 is 0.581 bits per heavy atom. The minimum absolute atomic E-state index is 0.418. The van der Waals surface area contributed by atoms with Gasteiger partial charge in [-0.1, -0.05) is 66.7 Å². The topological polar surface area (TPSA) is 141 Å². The summed E-state index contributed by atoms with van der Waals surface area (Å²) in [5.74, 6) is 0. The van der Waals surface area contributed by atoms with Gasteiger partial charge in [0.1, 0.15) is 0 Å². The number of carbonyl (C=O) groups excluding carboxylic acids is 4. The molecule has 3 rings (SSSR count). The average molecular weight is 414 g/mol. The predicted octanol–water partition coefficient (Wildman–Crippen LogP) is 4.70. The Kier molecular flexibility index (Phi) is 15.7. The van der Waals surface area contributed by atoms with Gasteiger partial charge in [-0.3, -0.25) is 0 Å². The van der Waals surface area contributed by atoms with Crippen LogP contribution in [0.1, 0.15) is 11.1 Å². The van der Waals surface area contributed by atoms with Crippen LogP contribution in [0, 0.1) is 10.8 Å². The lowest BCUT2D eigenvalue weighted by Crippen LogP contribution is -1.85. The Bertz CT molecular complexity index is 978. The van der Waals surface area contributed by atoms with E-state index in [-0.39, 0.29) is 0 Å². The number of aliphatic imine (C=N–C) groups is 2. The molecule has 8 heteroatoms. The summed E-state index contributed by atoms with van der Waals surface area (Å²) in [5.41, 5.74) is 3.57. The van der Waals surface area contributed by atoms with Crippen molar-refractivity contribution in [1.82, 2.24) is 0 Å². The minimum Gasteiger partial charge on any atom is -0.222 e. The summed E-state index contributed by atoms with van der Waals surface area (Å²) in [6.07, 6.45) is 5.31. The summed E-state index contributed by atoms with van der Waals surface area (Å²) < 4.78 is 0. The SMILES string of the molecule is N=C=O.N=C=O.O=C=Nc1cccc(N=C=O)c1.c1ccc(Cc2ccccc2)cc1. The molecule has 0 spiro atoms. The van der Waals surface area contributed by atoms with Gasteiger partial charge in [-0.05, 0) is 35.7 Å². The fourth-order valence-electron chi connectivity index (χ4n) is 2.16. The molecule has 0 unspecified atom stereocenters. The first kappa shape index (κ1) is 26.2. The second-order valence-electron chi connectivity index (χ2n) is 5.28. The fraction of sp³-hybridized carbons (Fsp3) is 0.0435. The molecule has 3 aromatic rings.